The summed E-state index contributed by atoms with van der Waals surface area (Å²) in [5, 5.41) is 15.7. The van der Waals surface area contributed by atoms with Gasteiger partial charge in [-0.3, -0.25) is 10.1 Å². The van der Waals surface area contributed by atoms with Crippen molar-refractivity contribution in [1.29, 1.82) is 0 Å². The van der Waals surface area contributed by atoms with Gasteiger partial charge < -0.3 is 16.4 Å². The normalized spacial score (nSPS) is 9.67. The van der Waals surface area contributed by atoms with E-state index in [1.54, 1.807) is 6.07 Å². The van der Waals surface area contributed by atoms with E-state index in [0.29, 0.717) is 7.14 Å². The van der Waals surface area contributed by atoms with Crippen molar-refractivity contribution in [2.45, 2.75) is 21.3 Å². The Morgan fingerprint density at radius 2 is 1.06 bits per heavy atom. The summed E-state index contributed by atoms with van der Waals surface area (Å²) in [6.45, 7) is 2.67. The molecule has 0 unspecified atom stereocenters. The van der Waals surface area contributed by atoms with Crippen molar-refractivity contribution in [2.24, 2.45) is 0 Å². The number of nitrogens with zero attached hydrogens (tertiary/aromatic N) is 1. The quantitative estimate of drug-likeness (QED) is 0.0458. The number of nitrogens with one attached hydrogen (secondary N) is 2. The molecule has 0 amide bonds. The van der Waals surface area contributed by atoms with Crippen LogP contribution >= 0.6 is 45.2 Å². The fraction of sp³-hybridized carbons (Fsp3) is 0.111. The van der Waals surface area contributed by atoms with Crippen molar-refractivity contribution in [1.82, 2.24) is 0 Å². The van der Waals surface area contributed by atoms with E-state index in [1.807, 2.05) is 45.2 Å². The monoisotopic (exact) mass is 976 g/mol. The summed E-state index contributed by atoms with van der Waals surface area (Å²) in [6.07, 6.45) is 0. The summed E-state index contributed by atoms with van der Waals surface area (Å²) in [5.74, 6) is -4.91. The molecule has 256 valence electrons. The second kappa shape index (κ2) is 22.3. The van der Waals surface area contributed by atoms with Crippen LogP contribution in [0, 0.1) is 66.0 Å². The summed E-state index contributed by atoms with van der Waals surface area (Å²) in [5.41, 5.74) is 2.93. The predicted molar refractivity (Wildman–Crippen MR) is 194 cm³/mol. The van der Waals surface area contributed by atoms with E-state index < -0.39 is 69.7 Å². The third-order valence-corrected chi connectivity index (χ3v) is 7.71. The number of benzene rings is 4. The summed E-state index contributed by atoms with van der Waals surface area (Å²) in [7, 11) is -5.90. The number of hydrogen-bond donors (Lipinski definition) is 3. The molecular formula is C27H22F6I2N4Na2O6S2. The van der Waals surface area contributed by atoms with Gasteiger partial charge in [0.25, 0.3) is 0 Å². The van der Waals surface area contributed by atoms with Gasteiger partial charge in [0.15, 0.2) is 17.3 Å². The van der Waals surface area contributed by atoms with Gasteiger partial charge in [-0.1, -0.05) is 7.43 Å². The van der Waals surface area contributed by atoms with Gasteiger partial charge in [-0.25, -0.2) is 22.0 Å². The second-order valence-corrected chi connectivity index (χ2v) is 13.6. The number of rotatable bonds is 5. The number of anilines is 5. The third-order valence-electron chi connectivity index (χ3n) is 5.48. The molecule has 0 heterocycles. The molecule has 49 heavy (non-hydrogen) atoms. The molecular weight excluding hydrogens is 954 g/mol. The number of nitro benzene ring substituents is 1. The number of nitrogens with two attached hydrogens (primary N) is 1. The summed E-state index contributed by atoms with van der Waals surface area (Å²) < 4.78 is 120. The van der Waals surface area contributed by atoms with Gasteiger partial charge >= 0.3 is 67.8 Å². The van der Waals surface area contributed by atoms with Crippen LogP contribution in [0.25, 0.3) is 0 Å². The van der Waals surface area contributed by atoms with E-state index in [4.69, 9.17) is 22.6 Å². The molecule has 0 fully saturated rings. The van der Waals surface area contributed by atoms with Gasteiger partial charge in [0, 0.05) is 7.14 Å². The van der Waals surface area contributed by atoms with E-state index >= 15 is 0 Å². The minimum absolute atomic E-state index is 0. The molecule has 4 rings (SSSR count). The summed E-state index contributed by atoms with van der Waals surface area (Å²) in [4.78, 5) is 9.85. The predicted octanol–water partition coefficient (Wildman–Crippen LogP) is 7.55. The number of halogens is 8. The molecule has 0 aliphatic heterocycles. The number of nitrogen functional groups attached to an aromatic ring is 1. The van der Waals surface area contributed by atoms with Crippen molar-refractivity contribution in [3.05, 3.63) is 112 Å². The molecule has 0 bridgehead atoms. The Morgan fingerprint density at radius 1 is 0.694 bits per heavy atom. The molecule has 0 aliphatic rings. The van der Waals surface area contributed by atoms with E-state index in [9.17, 15) is 36.5 Å². The molecule has 0 saturated heterocycles. The topological polar surface area (TPSA) is 161 Å². The van der Waals surface area contributed by atoms with Gasteiger partial charge in [-0.05, 0) is 119 Å². The Balaban J connectivity index is 0.000000763. The van der Waals surface area contributed by atoms with Crippen LogP contribution in [0.5, 0.6) is 0 Å². The Hall–Kier alpha value is -1.64. The molecule has 22 heteroatoms. The molecule has 0 saturated carbocycles. The van der Waals surface area contributed by atoms with Crippen LogP contribution in [0.3, 0.4) is 0 Å². The zero-order valence-electron chi connectivity index (χ0n) is 24.9. The Bertz CT molecular complexity index is 2030. The molecule has 0 aliphatic carbocycles. The van der Waals surface area contributed by atoms with E-state index in [0.717, 1.165) is 12.1 Å². The Labute approximate surface area is 334 Å². The molecule has 0 radical (unpaired) electrons. The molecule has 4 aromatic carbocycles. The number of hydrogen-bond acceptors (Lipinski definition) is 9. The van der Waals surface area contributed by atoms with Gasteiger partial charge in [0.1, 0.15) is 23.1 Å². The third kappa shape index (κ3) is 14.1. The van der Waals surface area contributed by atoms with Crippen molar-refractivity contribution in [3.63, 3.8) is 0 Å². The van der Waals surface area contributed by atoms with Crippen LogP contribution in [0.4, 0.5) is 60.5 Å². The van der Waals surface area contributed by atoms with Crippen LogP contribution in [-0.2, 0) is 18.5 Å². The van der Waals surface area contributed by atoms with Gasteiger partial charge in [0.05, 0.1) is 22.0 Å². The molecule has 4 N–H and O–H groups in total. The van der Waals surface area contributed by atoms with Crippen molar-refractivity contribution >= 4 is 141 Å². The first kappa shape index (κ1) is 47.4. The van der Waals surface area contributed by atoms with Crippen molar-refractivity contribution in [2.75, 3.05) is 16.4 Å². The first-order valence-electron chi connectivity index (χ1n) is 12.9. The first-order valence-corrected chi connectivity index (χ1v) is 25.7. The first-order chi connectivity index (χ1) is 22.3. The van der Waals surface area contributed by atoms with Gasteiger partial charge in [0.2, 0.25) is 5.82 Å². The molecule has 10 nitrogen and oxygen atoms in total. The zero-order chi connectivity index (χ0) is 37.0. The number of nitro groups is 1. The minimum atomic E-state index is -2.95. The molecule has 0 spiro atoms. The van der Waals surface area contributed by atoms with Crippen LogP contribution in [0.1, 0.15) is 18.6 Å². The SMILES string of the molecule is C.Cc1cc(F)c(N)c(Nc2ccc(I)cc2F)c1F.Cc1cc(F)c([N+](=O)[O-])c(Nc2ccc(I)cc2F)c1F.O=S(=O)=S(=O)=O.[Na][Na]. The summed E-state index contributed by atoms with van der Waals surface area (Å²) >= 11 is 6.72. The molecule has 0 aromatic heterocycles. The van der Waals surface area contributed by atoms with Crippen LogP contribution in [-0.4, -0.2) is 65.4 Å². The van der Waals surface area contributed by atoms with Crippen LogP contribution < -0.4 is 16.4 Å². The van der Waals surface area contributed by atoms with Crippen LogP contribution in [0.2, 0.25) is 0 Å². The van der Waals surface area contributed by atoms with E-state index in [1.165, 1.54) is 87.8 Å². The van der Waals surface area contributed by atoms with E-state index in [2.05, 4.69) is 10.6 Å². The Kier molecular flexibility index (Phi) is 21.6. The maximum atomic E-state index is 14.0. The standard InChI is InChI=1S/C13H8F3IN2O2.C13H10F3IN2.CH4.2Na.O4S2/c1-6-4-9(15)13(19(20)21)12(11(6)16)18-10-3-2-7(17)5-8(10)14;1-6-4-9(15)12(18)13(11(6)16)19-10-3-2-7(17)5-8(10)14;;;;1-5(2)6(3)4/h2-5,18H,1H3;2-5,19H,18H2,1H3;1H4;;;. The summed E-state index contributed by atoms with van der Waals surface area (Å²) in [6, 6.07) is 10.1. The second-order valence-electron chi connectivity index (χ2n) is 8.65. The fourth-order valence-electron chi connectivity index (χ4n) is 3.37. The van der Waals surface area contributed by atoms with Crippen molar-refractivity contribution in [3.8, 4) is 0 Å². The zero-order valence-corrected chi connectivity index (χ0v) is 34.9. The van der Waals surface area contributed by atoms with Crippen molar-refractivity contribution < 1.29 is 48.1 Å². The molecule has 4 aromatic rings. The average molecular weight is 976 g/mol. The van der Waals surface area contributed by atoms with Gasteiger partial charge in [-0.15, -0.1) is 0 Å². The Morgan fingerprint density at radius 3 is 1.43 bits per heavy atom. The van der Waals surface area contributed by atoms with Crippen LogP contribution in [0.15, 0.2) is 48.5 Å². The van der Waals surface area contributed by atoms with Gasteiger partial charge in [-0.2, -0.15) is 21.2 Å². The number of aryl methyl sites for hydroxylation is 2. The maximum absolute atomic E-state index is 14.0. The van der Waals surface area contributed by atoms with E-state index in [-0.39, 0.29) is 41.3 Å². The molecule has 0 atom stereocenters. The fourth-order valence-corrected chi connectivity index (χ4v) is 4.28. The average Bonchev–Trinajstić information content (AvgIpc) is 3.00.